The summed E-state index contributed by atoms with van der Waals surface area (Å²) in [6.45, 7) is 1.69. The van der Waals surface area contributed by atoms with Gasteiger partial charge in [0, 0.05) is 12.4 Å². The second kappa shape index (κ2) is 7.02. The van der Waals surface area contributed by atoms with Crippen LogP contribution in [0.3, 0.4) is 0 Å². The predicted octanol–water partition coefficient (Wildman–Crippen LogP) is 4.12. The van der Waals surface area contributed by atoms with Crippen molar-refractivity contribution in [3.63, 3.8) is 0 Å². The van der Waals surface area contributed by atoms with Crippen molar-refractivity contribution in [1.82, 2.24) is 15.3 Å². The second-order valence-corrected chi connectivity index (χ2v) is 7.80. The smallest absolute Gasteiger partial charge is 0.253 e. The zero-order valence-electron chi connectivity index (χ0n) is 16.1. The summed E-state index contributed by atoms with van der Waals surface area (Å²) in [5, 5.41) is 14.8. The van der Waals surface area contributed by atoms with E-state index in [2.05, 4.69) is 23.3 Å². The molecule has 1 aromatic heterocycles. The Kier molecular flexibility index (Phi) is 4.67. The van der Waals surface area contributed by atoms with Crippen molar-refractivity contribution in [3.8, 4) is 0 Å². The van der Waals surface area contributed by atoms with Crippen LogP contribution in [0.1, 0.15) is 48.3 Å². The molecular formula is C22H24FN3O2. The number of halogens is 1. The SMILES string of the molecule is Cc1c(F)cccc1[C@]1(C(=O)NO)CC[C@H](c2ccc3cnn(C)c3c2)CC1. The van der Waals surface area contributed by atoms with Crippen molar-refractivity contribution in [2.24, 2.45) is 7.05 Å². The van der Waals surface area contributed by atoms with E-state index in [0.717, 1.165) is 23.7 Å². The topological polar surface area (TPSA) is 67.2 Å². The van der Waals surface area contributed by atoms with Gasteiger partial charge in [0.2, 0.25) is 0 Å². The standard InChI is InChI=1S/C22H24FN3O2/c1-14-18(4-3-5-19(14)23)22(21(27)25-28)10-8-15(9-11-22)16-6-7-17-13-24-26(2)20(17)12-16/h3-7,12-13,15,28H,8-11H2,1-2H3,(H,25,27)/t15-,22-. The van der Waals surface area contributed by atoms with Gasteiger partial charge in [-0.2, -0.15) is 5.10 Å². The minimum Gasteiger partial charge on any atom is -0.289 e. The van der Waals surface area contributed by atoms with Gasteiger partial charge in [-0.05, 0) is 67.3 Å². The van der Waals surface area contributed by atoms with Crippen LogP contribution in [-0.4, -0.2) is 20.9 Å². The molecule has 1 fully saturated rings. The first-order valence-electron chi connectivity index (χ1n) is 9.58. The van der Waals surface area contributed by atoms with Gasteiger partial charge in [0.25, 0.3) is 5.91 Å². The number of fused-ring (bicyclic) bond motifs is 1. The molecule has 0 spiro atoms. The highest BCUT2D eigenvalue weighted by atomic mass is 19.1. The number of aromatic nitrogens is 2. The number of rotatable bonds is 3. The van der Waals surface area contributed by atoms with Gasteiger partial charge >= 0.3 is 0 Å². The van der Waals surface area contributed by atoms with Gasteiger partial charge in [-0.25, -0.2) is 9.87 Å². The molecule has 0 unspecified atom stereocenters. The maximum atomic E-state index is 14.2. The van der Waals surface area contributed by atoms with Crippen molar-refractivity contribution in [1.29, 1.82) is 0 Å². The quantitative estimate of drug-likeness (QED) is 0.530. The van der Waals surface area contributed by atoms with Crippen molar-refractivity contribution in [2.45, 2.75) is 43.9 Å². The number of benzene rings is 2. The van der Waals surface area contributed by atoms with Gasteiger partial charge in [-0.1, -0.05) is 24.3 Å². The fraction of sp³-hybridized carbons (Fsp3) is 0.364. The molecule has 28 heavy (non-hydrogen) atoms. The van der Waals surface area contributed by atoms with E-state index in [9.17, 15) is 14.4 Å². The number of hydrogen-bond acceptors (Lipinski definition) is 3. The van der Waals surface area contributed by atoms with Crippen LogP contribution in [0, 0.1) is 12.7 Å². The lowest BCUT2D eigenvalue weighted by Gasteiger charge is -2.39. The summed E-state index contributed by atoms with van der Waals surface area (Å²) in [6, 6.07) is 11.2. The Labute approximate surface area is 163 Å². The Hall–Kier alpha value is -2.73. The molecule has 5 nitrogen and oxygen atoms in total. The number of carbonyl (C=O) groups excluding carboxylic acids is 1. The molecule has 0 radical (unpaired) electrons. The Morgan fingerprint density at radius 3 is 2.75 bits per heavy atom. The third kappa shape index (κ3) is 2.88. The third-order valence-corrected chi connectivity index (χ3v) is 6.40. The number of hydrogen-bond donors (Lipinski definition) is 2. The van der Waals surface area contributed by atoms with E-state index in [1.165, 1.54) is 11.6 Å². The highest BCUT2D eigenvalue weighted by Crippen LogP contribution is 2.46. The average Bonchev–Trinajstić information content (AvgIpc) is 3.10. The van der Waals surface area contributed by atoms with Crippen LogP contribution in [0.4, 0.5) is 4.39 Å². The molecule has 1 aliphatic carbocycles. The minimum atomic E-state index is -0.909. The largest absolute Gasteiger partial charge is 0.289 e. The summed E-state index contributed by atoms with van der Waals surface area (Å²) in [5.74, 6) is -0.471. The highest BCUT2D eigenvalue weighted by molar-refractivity contribution is 5.88. The Balaban J connectivity index is 1.66. The lowest BCUT2D eigenvalue weighted by molar-refractivity contribution is -0.136. The maximum Gasteiger partial charge on any atom is 0.253 e. The summed E-state index contributed by atoms with van der Waals surface area (Å²) >= 11 is 0. The maximum absolute atomic E-state index is 14.2. The lowest BCUT2D eigenvalue weighted by Crippen LogP contribution is -2.46. The van der Waals surface area contributed by atoms with Gasteiger partial charge < -0.3 is 0 Å². The third-order valence-electron chi connectivity index (χ3n) is 6.40. The Morgan fingerprint density at radius 1 is 1.29 bits per heavy atom. The molecule has 0 atom stereocenters. The first-order chi connectivity index (χ1) is 13.5. The molecule has 6 heteroatoms. The van der Waals surface area contributed by atoms with E-state index in [0.29, 0.717) is 29.9 Å². The van der Waals surface area contributed by atoms with E-state index in [-0.39, 0.29) is 5.82 Å². The lowest BCUT2D eigenvalue weighted by atomic mass is 9.64. The normalized spacial score (nSPS) is 22.4. The Morgan fingerprint density at radius 2 is 2.04 bits per heavy atom. The molecular weight excluding hydrogens is 357 g/mol. The second-order valence-electron chi connectivity index (χ2n) is 7.80. The number of carbonyl (C=O) groups is 1. The molecule has 0 bridgehead atoms. The summed E-state index contributed by atoms with van der Waals surface area (Å²) in [6.07, 6.45) is 4.53. The van der Waals surface area contributed by atoms with Crippen LogP contribution >= 0.6 is 0 Å². The summed E-state index contributed by atoms with van der Waals surface area (Å²) in [4.78, 5) is 12.7. The van der Waals surface area contributed by atoms with Crippen LogP contribution in [-0.2, 0) is 17.3 Å². The van der Waals surface area contributed by atoms with E-state index < -0.39 is 11.3 Å². The van der Waals surface area contributed by atoms with Gasteiger partial charge in [0.05, 0.1) is 17.1 Å². The molecule has 2 N–H and O–H groups in total. The number of amides is 1. The summed E-state index contributed by atoms with van der Waals surface area (Å²) < 4.78 is 16.0. The van der Waals surface area contributed by atoms with Crippen LogP contribution in [0.15, 0.2) is 42.6 Å². The van der Waals surface area contributed by atoms with Gasteiger partial charge in [0.15, 0.2) is 0 Å². The van der Waals surface area contributed by atoms with Crippen molar-refractivity contribution in [2.75, 3.05) is 0 Å². The molecule has 4 rings (SSSR count). The van der Waals surface area contributed by atoms with Gasteiger partial charge in [-0.3, -0.25) is 14.7 Å². The summed E-state index contributed by atoms with van der Waals surface area (Å²) in [5.41, 5.74) is 4.37. The van der Waals surface area contributed by atoms with Crippen LogP contribution in [0.2, 0.25) is 0 Å². The number of aryl methyl sites for hydroxylation is 1. The number of nitrogens with one attached hydrogen (secondary N) is 1. The average molecular weight is 381 g/mol. The fourth-order valence-corrected chi connectivity index (χ4v) is 4.71. The zero-order valence-corrected chi connectivity index (χ0v) is 16.1. The first-order valence-corrected chi connectivity index (χ1v) is 9.58. The van der Waals surface area contributed by atoms with Crippen LogP contribution in [0.5, 0.6) is 0 Å². The van der Waals surface area contributed by atoms with Crippen LogP contribution < -0.4 is 5.48 Å². The molecule has 1 saturated carbocycles. The monoisotopic (exact) mass is 381 g/mol. The van der Waals surface area contributed by atoms with E-state index in [1.807, 2.05) is 23.4 Å². The van der Waals surface area contributed by atoms with Crippen molar-refractivity contribution < 1.29 is 14.4 Å². The highest BCUT2D eigenvalue weighted by Gasteiger charge is 2.44. The molecule has 0 aliphatic heterocycles. The van der Waals surface area contributed by atoms with Crippen LogP contribution in [0.25, 0.3) is 10.9 Å². The zero-order chi connectivity index (χ0) is 19.9. The number of hydroxylamine groups is 1. The predicted molar refractivity (Wildman–Crippen MR) is 105 cm³/mol. The molecule has 1 amide bonds. The minimum absolute atomic E-state index is 0.313. The van der Waals surface area contributed by atoms with Crippen molar-refractivity contribution in [3.05, 3.63) is 65.1 Å². The van der Waals surface area contributed by atoms with E-state index in [1.54, 1.807) is 19.1 Å². The first kappa shape index (κ1) is 18.6. The fourth-order valence-electron chi connectivity index (χ4n) is 4.71. The molecule has 146 valence electrons. The molecule has 1 aliphatic rings. The molecule has 1 heterocycles. The van der Waals surface area contributed by atoms with Gasteiger partial charge in [0.1, 0.15) is 5.82 Å². The number of nitrogens with zero attached hydrogens (tertiary/aromatic N) is 2. The molecule has 0 saturated heterocycles. The Bertz CT molecular complexity index is 1040. The summed E-state index contributed by atoms with van der Waals surface area (Å²) in [7, 11) is 1.93. The van der Waals surface area contributed by atoms with E-state index >= 15 is 0 Å². The van der Waals surface area contributed by atoms with E-state index in [4.69, 9.17) is 0 Å². The van der Waals surface area contributed by atoms with Crippen molar-refractivity contribution >= 4 is 16.8 Å². The molecule has 3 aromatic rings. The molecule has 2 aromatic carbocycles. The van der Waals surface area contributed by atoms with Gasteiger partial charge in [-0.15, -0.1) is 0 Å².